The van der Waals surface area contributed by atoms with E-state index in [0.29, 0.717) is 24.2 Å². The lowest BCUT2D eigenvalue weighted by Crippen LogP contribution is -2.35. The summed E-state index contributed by atoms with van der Waals surface area (Å²) in [6.45, 7) is 4.63. The first-order valence-electron chi connectivity index (χ1n) is 6.39. The number of hydrogen-bond acceptors (Lipinski definition) is 4. The van der Waals surface area contributed by atoms with Crippen molar-refractivity contribution in [2.24, 2.45) is 0 Å². The van der Waals surface area contributed by atoms with Crippen LogP contribution >= 0.6 is 0 Å². The average molecular weight is 294 g/mol. The Morgan fingerprint density at radius 1 is 1.20 bits per heavy atom. The van der Waals surface area contributed by atoms with Gasteiger partial charge in [0.25, 0.3) is 0 Å². The van der Waals surface area contributed by atoms with E-state index in [-0.39, 0.29) is 11.7 Å². The molecule has 0 fully saturated rings. The van der Waals surface area contributed by atoms with Crippen LogP contribution in [0.4, 0.5) is 0 Å². The van der Waals surface area contributed by atoms with Crippen LogP contribution in [0.25, 0.3) is 0 Å². The van der Waals surface area contributed by atoms with Gasteiger partial charge in [-0.3, -0.25) is 4.79 Å². The molecule has 0 aliphatic heterocycles. The van der Waals surface area contributed by atoms with E-state index in [1.165, 1.54) is 4.90 Å². The van der Waals surface area contributed by atoms with Gasteiger partial charge in [0, 0.05) is 13.1 Å². The highest BCUT2D eigenvalue weighted by Gasteiger charge is 2.20. The van der Waals surface area contributed by atoms with Crippen molar-refractivity contribution in [2.75, 3.05) is 18.8 Å². The molecular formula is C14H18N2O3S. The molecule has 0 atom stereocenters. The Balaban J connectivity index is 2.74. The first-order chi connectivity index (χ1) is 9.41. The van der Waals surface area contributed by atoms with Crippen molar-refractivity contribution in [1.29, 1.82) is 5.26 Å². The third kappa shape index (κ3) is 4.67. The smallest absolute Gasteiger partial charge is 0.237 e. The number of benzene rings is 1. The molecule has 1 rings (SSSR count). The number of carbonyl (C=O) groups excluding carboxylic acids is 1. The van der Waals surface area contributed by atoms with Crippen LogP contribution in [0.3, 0.4) is 0 Å². The summed E-state index contributed by atoms with van der Waals surface area (Å²) in [5.74, 6) is -1.04. The highest BCUT2D eigenvalue weighted by Crippen LogP contribution is 2.09. The molecule has 0 radical (unpaired) electrons. The minimum absolute atomic E-state index is 0.189. The van der Waals surface area contributed by atoms with Gasteiger partial charge in [0.15, 0.2) is 9.84 Å². The van der Waals surface area contributed by atoms with E-state index in [9.17, 15) is 13.2 Å². The van der Waals surface area contributed by atoms with Gasteiger partial charge in [0.1, 0.15) is 5.75 Å². The third-order valence-corrected chi connectivity index (χ3v) is 4.39. The van der Waals surface area contributed by atoms with Gasteiger partial charge in [-0.1, -0.05) is 12.1 Å². The van der Waals surface area contributed by atoms with E-state index in [2.05, 4.69) is 0 Å². The normalized spacial score (nSPS) is 10.8. The molecule has 20 heavy (non-hydrogen) atoms. The van der Waals surface area contributed by atoms with E-state index < -0.39 is 15.6 Å². The first-order valence-corrected chi connectivity index (χ1v) is 8.21. The van der Waals surface area contributed by atoms with Gasteiger partial charge < -0.3 is 4.90 Å². The number of carbonyl (C=O) groups is 1. The Morgan fingerprint density at radius 3 is 2.20 bits per heavy atom. The topological polar surface area (TPSA) is 78.2 Å². The van der Waals surface area contributed by atoms with Crippen molar-refractivity contribution in [2.45, 2.75) is 19.6 Å². The third-order valence-electron chi connectivity index (χ3n) is 2.93. The van der Waals surface area contributed by atoms with Crippen LogP contribution in [0.5, 0.6) is 0 Å². The largest absolute Gasteiger partial charge is 0.342 e. The highest BCUT2D eigenvalue weighted by molar-refractivity contribution is 7.91. The van der Waals surface area contributed by atoms with Gasteiger partial charge in [0.05, 0.1) is 17.4 Å². The summed E-state index contributed by atoms with van der Waals surface area (Å²) in [4.78, 5) is 13.3. The Hall–Kier alpha value is -1.87. The summed E-state index contributed by atoms with van der Waals surface area (Å²) in [5, 5.41) is 8.68. The predicted molar refractivity (Wildman–Crippen MR) is 76.6 cm³/mol. The fourth-order valence-electron chi connectivity index (χ4n) is 1.84. The van der Waals surface area contributed by atoms with Crippen molar-refractivity contribution < 1.29 is 13.2 Å². The fraction of sp³-hybridized carbons (Fsp3) is 0.429. The number of nitriles is 1. The lowest BCUT2D eigenvalue weighted by atomic mass is 10.2. The SMILES string of the molecule is CCN(CC)C(=O)CS(=O)(=O)Cc1ccc(C#N)cc1. The molecule has 0 aliphatic carbocycles. The average Bonchev–Trinajstić information content (AvgIpc) is 2.39. The maximum absolute atomic E-state index is 12.0. The van der Waals surface area contributed by atoms with E-state index in [0.717, 1.165) is 0 Å². The summed E-state index contributed by atoms with van der Waals surface area (Å²) < 4.78 is 24.0. The molecular weight excluding hydrogens is 276 g/mol. The molecule has 5 nitrogen and oxygen atoms in total. The van der Waals surface area contributed by atoms with Gasteiger partial charge in [-0.25, -0.2) is 8.42 Å². The van der Waals surface area contributed by atoms with Crippen molar-refractivity contribution in [3.63, 3.8) is 0 Å². The minimum Gasteiger partial charge on any atom is -0.342 e. The number of sulfone groups is 1. The van der Waals surface area contributed by atoms with Gasteiger partial charge in [-0.15, -0.1) is 0 Å². The van der Waals surface area contributed by atoms with E-state index in [4.69, 9.17) is 5.26 Å². The van der Waals surface area contributed by atoms with Crippen LogP contribution in [0.15, 0.2) is 24.3 Å². The zero-order chi connectivity index (χ0) is 15.2. The van der Waals surface area contributed by atoms with Crippen LogP contribution in [0, 0.1) is 11.3 Å². The van der Waals surface area contributed by atoms with E-state index in [1.54, 1.807) is 24.3 Å². The molecule has 0 aromatic heterocycles. The maximum Gasteiger partial charge on any atom is 0.237 e. The molecule has 108 valence electrons. The molecule has 1 aromatic carbocycles. The molecule has 0 unspecified atom stereocenters. The molecule has 0 heterocycles. The Labute approximate surface area is 119 Å². The quantitative estimate of drug-likeness (QED) is 0.793. The molecule has 0 N–H and O–H groups in total. The van der Waals surface area contributed by atoms with Gasteiger partial charge in [-0.2, -0.15) is 5.26 Å². The number of rotatable bonds is 6. The number of amides is 1. The van der Waals surface area contributed by atoms with Crippen LogP contribution in [0.2, 0.25) is 0 Å². The van der Waals surface area contributed by atoms with Crippen LogP contribution in [-0.4, -0.2) is 38.1 Å². The molecule has 0 spiro atoms. The molecule has 0 saturated carbocycles. The van der Waals surface area contributed by atoms with Crippen molar-refractivity contribution >= 4 is 15.7 Å². The Kier molecular flexibility index (Phi) is 5.71. The van der Waals surface area contributed by atoms with E-state index >= 15 is 0 Å². The zero-order valence-electron chi connectivity index (χ0n) is 11.7. The molecule has 1 aromatic rings. The lowest BCUT2D eigenvalue weighted by Gasteiger charge is -2.18. The number of hydrogen-bond donors (Lipinski definition) is 0. The van der Waals surface area contributed by atoms with Gasteiger partial charge >= 0.3 is 0 Å². The van der Waals surface area contributed by atoms with E-state index in [1.807, 2.05) is 19.9 Å². The molecule has 6 heteroatoms. The summed E-state index contributed by atoms with van der Waals surface area (Å²) >= 11 is 0. The van der Waals surface area contributed by atoms with Gasteiger partial charge in [0.2, 0.25) is 5.91 Å². The molecule has 1 amide bonds. The fourth-order valence-corrected chi connectivity index (χ4v) is 3.20. The summed E-state index contributed by atoms with van der Waals surface area (Å²) in [6, 6.07) is 8.29. The second-order valence-corrected chi connectivity index (χ2v) is 6.47. The predicted octanol–water partition coefficient (Wildman–Crippen LogP) is 1.34. The Bertz CT molecular complexity index is 596. The molecule has 0 bridgehead atoms. The monoisotopic (exact) mass is 294 g/mol. The standard InChI is InChI=1S/C14H18N2O3S/c1-3-16(4-2)14(17)11-20(18,19)10-13-7-5-12(9-15)6-8-13/h5-8H,3-4,10-11H2,1-2H3. The first kappa shape index (κ1) is 16.2. The highest BCUT2D eigenvalue weighted by atomic mass is 32.2. The number of nitrogens with zero attached hydrogens (tertiary/aromatic N) is 2. The van der Waals surface area contributed by atoms with Crippen LogP contribution in [-0.2, 0) is 20.4 Å². The zero-order valence-corrected chi connectivity index (χ0v) is 12.5. The minimum atomic E-state index is -3.49. The second kappa shape index (κ2) is 7.06. The van der Waals surface area contributed by atoms with Crippen LogP contribution in [0.1, 0.15) is 25.0 Å². The van der Waals surface area contributed by atoms with Crippen molar-refractivity contribution in [3.8, 4) is 6.07 Å². The van der Waals surface area contributed by atoms with Crippen molar-refractivity contribution in [1.82, 2.24) is 4.90 Å². The molecule has 0 saturated heterocycles. The van der Waals surface area contributed by atoms with Crippen LogP contribution < -0.4 is 0 Å². The summed E-state index contributed by atoms with van der Waals surface area (Å²) in [5.41, 5.74) is 1.06. The summed E-state index contributed by atoms with van der Waals surface area (Å²) in [7, 11) is -3.49. The maximum atomic E-state index is 12.0. The summed E-state index contributed by atoms with van der Waals surface area (Å²) in [6.07, 6.45) is 0. The van der Waals surface area contributed by atoms with Crippen molar-refractivity contribution in [3.05, 3.63) is 35.4 Å². The Morgan fingerprint density at radius 2 is 1.75 bits per heavy atom. The second-order valence-electron chi connectivity index (χ2n) is 4.41. The lowest BCUT2D eigenvalue weighted by molar-refractivity contribution is -0.128. The molecule has 0 aliphatic rings. The van der Waals surface area contributed by atoms with Gasteiger partial charge in [-0.05, 0) is 31.5 Å².